The highest BCUT2D eigenvalue weighted by Gasteiger charge is 1.81. The standard InChI is InChI=1S/C7H9N.H3N/c1-6-3-7(2)5-8-4-6;/h3-5H,1-2H3;1H3. The Labute approximate surface area is 55.5 Å². The van der Waals surface area contributed by atoms with Gasteiger partial charge in [0, 0.05) is 12.4 Å². The van der Waals surface area contributed by atoms with E-state index in [0.717, 1.165) is 0 Å². The fourth-order valence-electron chi connectivity index (χ4n) is 0.706. The molecule has 1 aromatic rings. The number of aryl methyl sites for hydroxylation is 2. The highest BCUT2D eigenvalue weighted by molar-refractivity contribution is 5.14. The van der Waals surface area contributed by atoms with Crippen molar-refractivity contribution in [1.29, 1.82) is 0 Å². The molecule has 0 saturated heterocycles. The number of nitrogens with zero attached hydrogens (tertiary/aromatic N) is 1. The minimum Gasteiger partial charge on any atom is -0.344 e. The van der Waals surface area contributed by atoms with Gasteiger partial charge in [-0.25, -0.2) is 0 Å². The maximum atomic E-state index is 3.98. The molecule has 0 aliphatic carbocycles. The number of hydrogen-bond acceptors (Lipinski definition) is 2. The van der Waals surface area contributed by atoms with Crippen LogP contribution in [0.1, 0.15) is 11.1 Å². The molecule has 0 aliphatic rings. The van der Waals surface area contributed by atoms with Gasteiger partial charge in [-0.2, -0.15) is 0 Å². The Kier molecular flexibility index (Phi) is 2.88. The highest BCUT2D eigenvalue weighted by atomic mass is 14.6. The van der Waals surface area contributed by atoms with Gasteiger partial charge in [0.25, 0.3) is 0 Å². The molecule has 0 unspecified atom stereocenters. The van der Waals surface area contributed by atoms with Crippen LogP contribution in [-0.2, 0) is 0 Å². The van der Waals surface area contributed by atoms with Crippen LogP contribution < -0.4 is 6.15 Å². The van der Waals surface area contributed by atoms with Crippen molar-refractivity contribution in [3.63, 3.8) is 0 Å². The smallest absolute Gasteiger partial charge is 0.0297 e. The van der Waals surface area contributed by atoms with Crippen LogP contribution in [0.4, 0.5) is 0 Å². The summed E-state index contributed by atoms with van der Waals surface area (Å²) in [6, 6.07) is 2.10. The van der Waals surface area contributed by atoms with Crippen molar-refractivity contribution in [3.8, 4) is 0 Å². The van der Waals surface area contributed by atoms with E-state index in [1.54, 1.807) is 0 Å². The Bertz CT molecular complexity index is 167. The molecule has 2 nitrogen and oxygen atoms in total. The monoisotopic (exact) mass is 124 g/mol. The fraction of sp³-hybridized carbons (Fsp3) is 0.286. The predicted octanol–water partition coefficient (Wildman–Crippen LogP) is 1.86. The first-order valence-electron chi connectivity index (χ1n) is 2.67. The largest absolute Gasteiger partial charge is 0.344 e. The molecule has 1 rings (SSSR count). The summed E-state index contributed by atoms with van der Waals surface area (Å²) in [5.41, 5.74) is 2.45. The van der Waals surface area contributed by atoms with Crippen molar-refractivity contribution in [1.82, 2.24) is 11.1 Å². The molecule has 0 saturated carbocycles. The number of hydrogen-bond donors (Lipinski definition) is 1. The molecule has 0 aliphatic heterocycles. The minimum absolute atomic E-state index is 0. The molecule has 2 heteroatoms. The summed E-state index contributed by atoms with van der Waals surface area (Å²) < 4.78 is 0. The average molecular weight is 124 g/mol. The highest BCUT2D eigenvalue weighted by Crippen LogP contribution is 1.96. The normalized spacial score (nSPS) is 8.22. The van der Waals surface area contributed by atoms with E-state index in [2.05, 4.69) is 11.1 Å². The molecule has 0 atom stereocenters. The van der Waals surface area contributed by atoms with E-state index >= 15 is 0 Å². The van der Waals surface area contributed by atoms with Gasteiger partial charge in [0.1, 0.15) is 0 Å². The van der Waals surface area contributed by atoms with Gasteiger partial charge in [-0.3, -0.25) is 4.98 Å². The summed E-state index contributed by atoms with van der Waals surface area (Å²) in [5, 5.41) is 0. The lowest BCUT2D eigenvalue weighted by Crippen LogP contribution is -1.76. The van der Waals surface area contributed by atoms with E-state index in [4.69, 9.17) is 0 Å². The summed E-state index contributed by atoms with van der Waals surface area (Å²) in [6.07, 6.45) is 3.71. The third-order valence-corrected chi connectivity index (χ3v) is 1.01. The van der Waals surface area contributed by atoms with Crippen molar-refractivity contribution < 1.29 is 0 Å². The van der Waals surface area contributed by atoms with Gasteiger partial charge in [-0.15, -0.1) is 0 Å². The molecule has 0 aromatic carbocycles. The Morgan fingerprint density at radius 2 is 1.56 bits per heavy atom. The predicted molar refractivity (Wildman–Crippen MR) is 38.7 cm³/mol. The number of aromatic nitrogens is 1. The molecule has 0 radical (unpaired) electrons. The first-order valence-corrected chi connectivity index (χ1v) is 2.67. The van der Waals surface area contributed by atoms with E-state index in [-0.39, 0.29) is 6.15 Å². The molecule has 0 bridgehead atoms. The van der Waals surface area contributed by atoms with Crippen molar-refractivity contribution in [2.24, 2.45) is 0 Å². The van der Waals surface area contributed by atoms with Crippen LogP contribution in [0.2, 0.25) is 0 Å². The Balaban J connectivity index is 0.000000640. The maximum Gasteiger partial charge on any atom is 0.0297 e. The summed E-state index contributed by atoms with van der Waals surface area (Å²) in [4.78, 5) is 3.98. The third kappa shape index (κ3) is 2.24. The molecule has 0 amide bonds. The molecular formula is C7H12N2. The van der Waals surface area contributed by atoms with Gasteiger partial charge in [0.05, 0.1) is 0 Å². The maximum absolute atomic E-state index is 3.98. The van der Waals surface area contributed by atoms with Gasteiger partial charge in [-0.05, 0) is 25.0 Å². The van der Waals surface area contributed by atoms with Crippen molar-refractivity contribution in [3.05, 3.63) is 29.6 Å². The summed E-state index contributed by atoms with van der Waals surface area (Å²) in [7, 11) is 0. The van der Waals surface area contributed by atoms with Crippen molar-refractivity contribution in [2.75, 3.05) is 0 Å². The second-order valence-corrected chi connectivity index (χ2v) is 2.04. The number of rotatable bonds is 0. The molecule has 1 aromatic heterocycles. The van der Waals surface area contributed by atoms with E-state index in [1.165, 1.54) is 11.1 Å². The first-order chi connectivity index (χ1) is 3.79. The van der Waals surface area contributed by atoms with Crippen LogP contribution in [0.3, 0.4) is 0 Å². The van der Waals surface area contributed by atoms with Crippen LogP contribution in [-0.4, -0.2) is 4.98 Å². The van der Waals surface area contributed by atoms with Gasteiger partial charge in [-0.1, -0.05) is 6.07 Å². The van der Waals surface area contributed by atoms with E-state index < -0.39 is 0 Å². The molecule has 50 valence electrons. The first kappa shape index (κ1) is 8.11. The zero-order valence-corrected chi connectivity index (χ0v) is 5.89. The lowest BCUT2D eigenvalue weighted by atomic mass is 10.2. The molecule has 0 fully saturated rings. The van der Waals surface area contributed by atoms with Crippen LogP contribution >= 0.6 is 0 Å². The quantitative estimate of drug-likeness (QED) is 0.573. The fourth-order valence-corrected chi connectivity index (χ4v) is 0.706. The lowest BCUT2D eigenvalue weighted by molar-refractivity contribution is 1.22. The van der Waals surface area contributed by atoms with Crippen molar-refractivity contribution in [2.45, 2.75) is 13.8 Å². The van der Waals surface area contributed by atoms with Gasteiger partial charge in [0.15, 0.2) is 0 Å². The molecule has 0 spiro atoms. The van der Waals surface area contributed by atoms with E-state index in [1.807, 2.05) is 26.2 Å². The minimum atomic E-state index is 0. The molecule has 3 N–H and O–H groups in total. The second kappa shape index (κ2) is 3.20. The molecule has 9 heavy (non-hydrogen) atoms. The van der Waals surface area contributed by atoms with Crippen LogP contribution in [0.15, 0.2) is 18.5 Å². The Morgan fingerprint density at radius 1 is 1.11 bits per heavy atom. The van der Waals surface area contributed by atoms with Crippen LogP contribution in [0.25, 0.3) is 0 Å². The summed E-state index contributed by atoms with van der Waals surface area (Å²) in [6.45, 7) is 4.08. The zero-order chi connectivity index (χ0) is 5.98. The van der Waals surface area contributed by atoms with Crippen LogP contribution in [0, 0.1) is 13.8 Å². The van der Waals surface area contributed by atoms with Gasteiger partial charge >= 0.3 is 0 Å². The SMILES string of the molecule is Cc1cncc(C)c1.N. The topological polar surface area (TPSA) is 47.9 Å². The molecular weight excluding hydrogens is 112 g/mol. The van der Waals surface area contributed by atoms with Gasteiger partial charge in [0.2, 0.25) is 0 Å². The summed E-state index contributed by atoms with van der Waals surface area (Å²) in [5.74, 6) is 0. The molecule has 1 heterocycles. The Hall–Kier alpha value is -0.890. The number of pyridine rings is 1. The third-order valence-electron chi connectivity index (χ3n) is 1.01. The lowest BCUT2D eigenvalue weighted by Gasteiger charge is -1.89. The van der Waals surface area contributed by atoms with E-state index in [9.17, 15) is 0 Å². The zero-order valence-electron chi connectivity index (χ0n) is 5.89. The van der Waals surface area contributed by atoms with Crippen molar-refractivity contribution >= 4 is 0 Å². The average Bonchev–Trinajstić information content (AvgIpc) is 1.64. The van der Waals surface area contributed by atoms with Crippen LogP contribution in [0.5, 0.6) is 0 Å². The second-order valence-electron chi connectivity index (χ2n) is 2.04. The summed E-state index contributed by atoms with van der Waals surface area (Å²) >= 11 is 0. The van der Waals surface area contributed by atoms with Gasteiger partial charge < -0.3 is 6.15 Å². The van der Waals surface area contributed by atoms with E-state index in [0.29, 0.717) is 0 Å². The Morgan fingerprint density at radius 3 is 1.78 bits per heavy atom.